The zero-order chi connectivity index (χ0) is 19.0. The van der Waals surface area contributed by atoms with Crippen LogP contribution >= 0.6 is 0 Å². The molecule has 7 heteroatoms. The van der Waals surface area contributed by atoms with Crippen LogP contribution in [0.2, 0.25) is 0 Å². The molecule has 2 N–H and O–H groups in total. The molecule has 1 aromatic rings. The Bertz CT molecular complexity index is 511. The van der Waals surface area contributed by atoms with Gasteiger partial charge in [-0.25, -0.2) is 0 Å². The lowest BCUT2D eigenvalue weighted by atomic mass is 10.2. The maximum Gasteiger partial charge on any atom is 0.191 e. The lowest BCUT2D eigenvalue weighted by molar-refractivity contribution is 0.123. The van der Waals surface area contributed by atoms with Crippen molar-refractivity contribution in [2.75, 3.05) is 67.7 Å². The molecule has 0 heterocycles. The van der Waals surface area contributed by atoms with E-state index in [-0.39, 0.29) is 0 Å². The van der Waals surface area contributed by atoms with Crippen LogP contribution in [0.5, 0.6) is 5.75 Å². The van der Waals surface area contributed by atoms with Crippen molar-refractivity contribution in [3.05, 3.63) is 29.8 Å². The number of ether oxygens (including phenoxy) is 3. The van der Waals surface area contributed by atoms with Crippen LogP contribution in [-0.2, 0) is 16.1 Å². The van der Waals surface area contributed by atoms with Gasteiger partial charge in [0.1, 0.15) is 5.75 Å². The molecule has 0 aliphatic heterocycles. The third-order valence-corrected chi connectivity index (χ3v) is 3.89. The summed E-state index contributed by atoms with van der Waals surface area (Å²) < 4.78 is 16.1. The average Bonchev–Trinajstić information content (AvgIpc) is 2.66. The second-order valence-electron chi connectivity index (χ2n) is 5.94. The number of aliphatic imine (C=N–C) groups is 1. The van der Waals surface area contributed by atoms with Crippen LogP contribution in [0.1, 0.15) is 12.0 Å². The van der Waals surface area contributed by atoms with Gasteiger partial charge in [-0.15, -0.1) is 0 Å². The first-order chi connectivity index (χ1) is 12.7. The first-order valence-electron chi connectivity index (χ1n) is 9.03. The minimum Gasteiger partial charge on any atom is -0.496 e. The molecule has 0 radical (unpaired) electrons. The first-order valence-corrected chi connectivity index (χ1v) is 9.03. The summed E-state index contributed by atoms with van der Waals surface area (Å²) in [6, 6.07) is 7.89. The van der Waals surface area contributed by atoms with Gasteiger partial charge in [-0.3, -0.25) is 4.99 Å². The Morgan fingerprint density at radius 3 is 2.58 bits per heavy atom. The van der Waals surface area contributed by atoms with E-state index in [1.807, 2.05) is 24.3 Å². The summed E-state index contributed by atoms with van der Waals surface area (Å²) in [5, 5.41) is 6.56. The lowest BCUT2D eigenvalue weighted by Crippen LogP contribution is -2.42. The SMILES string of the molecule is CN=C(NCCOCc1ccccc1OC)NCCN(C)CCCOC. The highest BCUT2D eigenvalue weighted by molar-refractivity contribution is 5.79. The number of benzene rings is 1. The van der Waals surface area contributed by atoms with Gasteiger partial charge < -0.3 is 29.7 Å². The van der Waals surface area contributed by atoms with Crippen LogP contribution in [-0.4, -0.2) is 78.6 Å². The second-order valence-corrected chi connectivity index (χ2v) is 5.94. The maximum absolute atomic E-state index is 5.71. The Morgan fingerprint density at radius 2 is 1.85 bits per heavy atom. The van der Waals surface area contributed by atoms with Gasteiger partial charge in [0.25, 0.3) is 0 Å². The van der Waals surface area contributed by atoms with E-state index in [9.17, 15) is 0 Å². The monoisotopic (exact) mass is 366 g/mol. The highest BCUT2D eigenvalue weighted by Crippen LogP contribution is 2.17. The molecule has 0 unspecified atom stereocenters. The van der Waals surface area contributed by atoms with Crippen LogP contribution in [0.3, 0.4) is 0 Å². The Balaban J connectivity index is 2.13. The zero-order valence-corrected chi connectivity index (χ0v) is 16.6. The summed E-state index contributed by atoms with van der Waals surface area (Å²) in [7, 11) is 7.29. The fourth-order valence-electron chi connectivity index (χ4n) is 2.42. The van der Waals surface area contributed by atoms with Gasteiger partial charge >= 0.3 is 0 Å². The fourth-order valence-corrected chi connectivity index (χ4v) is 2.42. The molecule has 0 spiro atoms. The minimum absolute atomic E-state index is 0.532. The summed E-state index contributed by atoms with van der Waals surface area (Å²) in [6.07, 6.45) is 1.05. The Labute approximate surface area is 157 Å². The Hall–Kier alpha value is -1.83. The van der Waals surface area contributed by atoms with Gasteiger partial charge in [-0.2, -0.15) is 0 Å². The number of hydrogen-bond donors (Lipinski definition) is 2. The maximum atomic E-state index is 5.71. The van der Waals surface area contributed by atoms with Crippen molar-refractivity contribution in [3.8, 4) is 5.75 Å². The van der Waals surface area contributed by atoms with E-state index in [0.29, 0.717) is 19.8 Å². The van der Waals surface area contributed by atoms with Gasteiger partial charge in [0.2, 0.25) is 0 Å². The quantitative estimate of drug-likeness (QED) is 0.312. The normalized spacial score (nSPS) is 11.7. The van der Waals surface area contributed by atoms with Crippen molar-refractivity contribution in [3.63, 3.8) is 0 Å². The van der Waals surface area contributed by atoms with Gasteiger partial charge in [-0.05, 0) is 19.5 Å². The van der Waals surface area contributed by atoms with Crippen molar-refractivity contribution in [1.29, 1.82) is 0 Å². The standard InChI is InChI=1S/C19H34N4O3/c1-20-19(21-10-13-23(2)12-7-14-24-3)22-11-15-26-16-17-8-5-6-9-18(17)25-4/h5-6,8-9H,7,10-16H2,1-4H3,(H2,20,21,22). The molecule has 0 aromatic heterocycles. The molecule has 0 saturated heterocycles. The molecule has 0 aliphatic carbocycles. The number of methoxy groups -OCH3 is 2. The number of guanidine groups is 1. The summed E-state index contributed by atoms with van der Waals surface area (Å²) >= 11 is 0. The minimum atomic E-state index is 0.532. The predicted molar refractivity (Wildman–Crippen MR) is 106 cm³/mol. The molecule has 0 fully saturated rings. The van der Waals surface area contributed by atoms with Crippen molar-refractivity contribution in [2.24, 2.45) is 4.99 Å². The fraction of sp³-hybridized carbons (Fsp3) is 0.632. The first kappa shape index (κ1) is 22.2. The van der Waals surface area contributed by atoms with Crippen molar-refractivity contribution < 1.29 is 14.2 Å². The van der Waals surface area contributed by atoms with Crippen LogP contribution in [0.25, 0.3) is 0 Å². The topological polar surface area (TPSA) is 67.4 Å². The van der Waals surface area contributed by atoms with Crippen LogP contribution in [0.4, 0.5) is 0 Å². The van der Waals surface area contributed by atoms with Crippen LogP contribution in [0.15, 0.2) is 29.3 Å². The van der Waals surface area contributed by atoms with E-state index in [1.54, 1.807) is 21.3 Å². The second kappa shape index (κ2) is 14.4. The number of para-hydroxylation sites is 1. The molecule has 148 valence electrons. The molecule has 7 nitrogen and oxygen atoms in total. The number of nitrogens with zero attached hydrogens (tertiary/aromatic N) is 2. The molecule has 26 heavy (non-hydrogen) atoms. The summed E-state index contributed by atoms with van der Waals surface area (Å²) in [5.74, 6) is 1.64. The average molecular weight is 367 g/mol. The molecule has 0 saturated carbocycles. The van der Waals surface area contributed by atoms with E-state index >= 15 is 0 Å². The van der Waals surface area contributed by atoms with Gasteiger partial charge in [0.15, 0.2) is 5.96 Å². The van der Waals surface area contributed by atoms with Crippen LogP contribution < -0.4 is 15.4 Å². The van der Waals surface area contributed by atoms with E-state index < -0.39 is 0 Å². The van der Waals surface area contributed by atoms with E-state index in [0.717, 1.165) is 49.9 Å². The molecule has 1 aromatic carbocycles. The third-order valence-electron chi connectivity index (χ3n) is 3.89. The molecule has 1 rings (SSSR count). The Morgan fingerprint density at radius 1 is 1.08 bits per heavy atom. The molecule has 0 amide bonds. The van der Waals surface area contributed by atoms with Gasteiger partial charge in [0.05, 0.1) is 20.3 Å². The number of nitrogens with one attached hydrogen (secondary N) is 2. The largest absolute Gasteiger partial charge is 0.496 e. The summed E-state index contributed by atoms with van der Waals surface area (Å²) in [5.41, 5.74) is 1.05. The van der Waals surface area contributed by atoms with E-state index in [2.05, 4.69) is 27.6 Å². The van der Waals surface area contributed by atoms with E-state index in [4.69, 9.17) is 14.2 Å². The zero-order valence-electron chi connectivity index (χ0n) is 16.6. The van der Waals surface area contributed by atoms with Crippen molar-refractivity contribution >= 4 is 5.96 Å². The molecule has 0 atom stereocenters. The van der Waals surface area contributed by atoms with Crippen molar-refractivity contribution in [2.45, 2.75) is 13.0 Å². The number of rotatable bonds is 13. The number of hydrogen-bond acceptors (Lipinski definition) is 5. The molecular formula is C19H34N4O3. The Kier molecular flexibility index (Phi) is 12.3. The number of likely N-dealkylation sites (N-methyl/N-ethyl adjacent to an activating group) is 1. The van der Waals surface area contributed by atoms with Crippen LogP contribution in [0, 0.1) is 0 Å². The predicted octanol–water partition coefficient (Wildman–Crippen LogP) is 1.35. The highest BCUT2D eigenvalue weighted by Gasteiger charge is 2.02. The lowest BCUT2D eigenvalue weighted by Gasteiger charge is -2.18. The molecule has 0 bridgehead atoms. The van der Waals surface area contributed by atoms with Gasteiger partial charge in [0, 0.05) is 52.5 Å². The molecular weight excluding hydrogens is 332 g/mol. The third kappa shape index (κ3) is 9.60. The highest BCUT2D eigenvalue weighted by atomic mass is 16.5. The van der Waals surface area contributed by atoms with Crippen molar-refractivity contribution in [1.82, 2.24) is 15.5 Å². The van der Waals surface area contributed by atoms with E-state index in [1.165, 1.54) is 0 Å². The molecule has 0 aliphatic rings. The summed E-state index contributed by atoms with van der Waals surface area (Å²) in [6.45, 7) is 5.44. The van der Waals surface area contributed by atoms with Gasteiger partial charge in [-0.1, -0.05) is 18.2 Å². The summed E-state index contributed by atoms with van der Waals surface area (Å²) in [4.78, 5) is 6.50. The smallest absolute Gasteiger partial charge is 0.191 e.